The average Bonchev–Trinajstić information content (AvgIpc) is 2.75. The Labute approximate surface area is 179 Å². The topological polar surface area (TPSA) is 190 Å². The number of hydrogen-bond acceptors (Lipinski definition) is 11. The Morgan fingerprint density at radius 1 is 0.906 bits per heavy atom. The molecular weight excluding hydrogens is 428 g/mol. The molecule has 0 bridgehead atoms. The zero-order valence-electron chi connectivity index (χ0n) is 16.3. The van der Waals surface area contributed by atoms with Crippen LogP contribution >= 0.6 is 0 Å². The Bertz CT molecular complexity index is 1190. The van der Waals surface area contributed by atoms with Crippen molar-refractivity contribution in [2.24, 2.45) is 0 Å². The van der Waals surface area contributed by atoms with E-state index in [2.05, 4.69) is 0 Å². The van der Waals surface area contributed by atoms with E-state index in [1.54, 1.807) is 0 Å². The van der Waals surface area contributed by atoms with Gasteiger partial charge in [-0.15, -0.1) is 0 Å². The van der Waals surface area contributed by atoms with Crippen molar-refractivity contribution in [3.63, 3.8) is 0 Å². The lowest BCUT2D eigenvalue weighted by Crippen LogP contribution is -2.60. The predicted octanol–water partition coefficient (Wildman–Crippen LogP) is -0.244. The molecule has 2 aromatic carbocycles. The van der Waals surface area contributed by atoms with Gasteiger partial charge < -0.3 is 49.6 Å². The molecule has 32 heavy (non-hydrogen) atoms. The van der Waals surface area contributed by atoms with E-state index in [1.165, 1.54) is 24.3 Å². The molecule has 1 fully saturated rings. The molecule has 11 nitrogen and oxygen atoms in total. The van der Waals surface area contributed by atoms with E-state index in [0.29, 0.717) is 0 Å². The van der Waals surface area contributed by atoms with Crippen LogP contribution in [-0.2, 0) is 4.74 Å². The monoisotopic (exact) mass is 448 g/mol. The summed E-state index contributed by atoms with van der Waals surface area (Å²) in [4.78, 5) is 13.2. The highest BCUT2D eigenvalue weighted by Crippen LogP contribution is 2.37. The number of hydrogen-bond donors (Lipinski definition) is 7. The Kier molecular flexibility index (Phi) is 5.67. The molecule has 0 radical (unpaired) electrons. The summed E-state index contributed by atoms with van der Waals surface area (Å²) in [5.41, 5.74) is -0.801. The van der Waals surface area contributed by atoms with Crippen molar-refractivity contribution < 1.29 is 49.6 Å². The van der Waals surface area contributed by atoms with Gasteiger partial charge in [0.1, 0.15) is 52.6 Å². The van der Waals surface area contributed by atoms with Crippen LogP contribution in [0.25, 0.3) is 22.3 Å². The number of aliphatic hydroxyl groups excluding tert-OH is 4. The Hall–Kier alpha value is -3.35. The van der Waals surface area contributed by atoms with Crippen LogP contribution in [0.4, 0.5) is 0 Å². The quantitative estimate of drug-likeness (QED) is 0.279. The van der Waals surface area contributed by atoms with Crippen molar-refractivity contribution in [2.75, 3.05) is 6.61 Å². The molecule has 4 rings (SSSR count). The van der Waals surface area contributed by atoms with Crippen LogP contribution in [0.15, 0.2) is 45.6 Å². The Morgan fingerprint density at radius 2 is 1.59 bits per heavy atom. The fraction of sp³-hybridized carbons (Fsp3) is 0.286. The Morgan fingerprint density at radius 3 is 2.25 bits per heavy atom. The van der Waals surface area contributed by atoms with E-state index in [1.807, 2.05) is 0 Å². The third kappa shape index (κ3) is 3.72. The van der Waals surface area contributed by atoms with E-state index >= 15 is 0 Å². The van der Waals surface area contributed by atoms with Gasteiger partial charge in [-0.3, -0.25) is 4.79 Å². The molecule has 5 atom stereocenters. The summed E-state index contributed by atoms with van der Waals surface area (Å²) in [7, 11) is 0. The van der Waals surface area contributed by atoms with Crippen molar-refractivity contribution in [2.45, 2.75) is 30.7 Å². The minimum Gasteiger partial charge on any atom is -0.508 e. The maximum Gasteiger partial charge on any atom is 0.239 e. The van der Waals surface area contributed by atoms with Crippen molar-refractivity contribution in [3.8, 4) is 34.3 Å². The first kappa shape index (κ1) is 21.9. The predicted molar refractivity (Wildman–Crippen MR) is 107 cm³/mol. The summed E-state index contributed by atoms with van der Waals surface area (Å²) in [5.74, 6) is -1.73. The van der Waals surface area contributed by atoms with Gasteiger partial charge in [0.25, 0.3) is 0 Å². The summed E-state index contributed by atoms with van der Waals surface area (Å²) in [6.45, 7) is -0.706. The van der Waals surface area contributed by atoms with Crippen LogP contribution in [0.2, 0.25) is 0 Å². The molecule has 11 heteroatoms. The standard InChI is InChI=1S/C21H20O11/c22-7-13-15(26)17(28)18(29)21(31-13)32-20-16(27)14-11(25)5-10(24)6-12(14)30-19(20)8-1-3-9(23)4-2-8/h1-6,13,15,17-18,21-26,28-29H,7H2/t13-,15-,17+,18-,21+/m0/s1. The number of rotatable bonds is 4. The highest BCUT2D eigenvalue weighted by atomic mass is 16.7. The second-order valence-corrected chi connectivity index (χ2v) is 7.29. The largest absolute Gasteiger partial charge is 0.508 e. The first-order valence-corrected chi connectivity index (χ1v) is 9.50. The van der Waals surface area contributed by atoms with Gasteiger partial charge >= 0.3 is 0 Å². The van der Waals surface area contributed by atoms with Gasteiger partial charge in [0.05, 0.1) is 6.61 Å². The minimum atomic E-state index is -1.80. The van der Waals surface area contributed by atoms with Gasteiger partial charge in [0, 0.05) is 17.7 Å². The summed E-state index contributed by atoms with van der Waals surface area (Å²) in [6.07, 6.45) is -8.16. The summed E-state index contributed by atoms with van der Waals surface area (Å²) < 4.78 is 16.6. The second kappa shape index (κ2) is 8.30. The molecule has 0 amide bonds. The van der Waals surface area contributed by atoms with Crippen LogP contribution in [0, 0.1) is 0 Å². The van der Waals surface area contributed by atoms with Gasteiger partial charge in [0.2, 0.25) is 17.5 Å². The van der Waals surface area contributed by atoms with Gasteiger partial charge in [-0.1, -0.05) is 0 Å². The molecule has 0 aliphatic carbocycles. The fourth-order valence-corrected chi connectivity index (χ4v) is 3.46. The molecule has 1 aliphatic rings. The maximum absolute atomic E-state index is 13.2. The van der Waals surface area contributed by atoms with Crippen LogP contribution in [-0.4, -0.2) is 73.1 Å². The lowest BCUT2D eigenvalue weighted by molar-refractivity contribution is -0.277. The van der Waals surface area contributed by atoms with Gasteiger partial charge in [0.15, 0.2) is 5.76 Å². The van der Waals surface area contributed by atoms with Gasteiger partial charge in [-0.05, 0) is 24.3 Å². The minimum absolute atomic E-state index is 0.0661. The molecule has 1 aliphatic heterocycles. The molecule has 170 valence electrons. The number of aliphatic hydroxyl groups is 4. The zero-order valence-corrected chi connectivity index (χ0v) is 16.3. The van der Waals surface area contributed by atoms with E-state index < -0.39 is 54.2 Å². The number of fused-ring (bicyclic) bond motifs is 1. The highest BCUT2D eigenvalue weighted by Gasteiger charge is 2.45. The van der Waals surface area contributed by atoms with Gasteiger partial charge in [-0.25, -0.2) is 0 Å². The first-order valence-electron chi connectivity index (χ1n) is 9.50. The maximum atomic E-state index is 13.2. The smallest absolute Gasteiger partial charge is 0.239 e. The first-order chi connectivity index (χ1) is 15.2. The van der Waals surface area contributed by atoms with E-state index in [0.717, 1.165) is 12.1 Å². The van der Waals surface area contributed by atoms with Crippen LogP contribution in [0.5, 0.6) is 23.0 Å². The van der Waals surface area contributed by atoms with Crippen LogP contribution in [0.3, 0.4) is 0 Å². The highest BCUT2D eigenvalue weighted by molar-refractivity contribution is 5.88. The second-order valence-electron chi connectivity index (χ2n) is 7.29. The molecule has 0 unspecified atom stereocenters. The molecule has 1 aromatic heterocycles. The molecule has 7 N–H and O–H groups in total. The van der Waals surface area contributed by atoms with Crippen molar-refractivity contribution in [1.82, 2.24) is 0 Å². The molecular formula is C21H20O11. The molecule has 2 heterocycles. The lowest BCUT2D eigenvalue weighted by Gasteiger charge is -2.39. The van der Waals surface area contributed by atoms with E-state index in [9.17, 15) is 40.5 Å². The average molecular weight is 448 g/mol. The van der Waals surface area contributed by atoms with E-state index in [-0.39, 0.29) is 33.8 Å². The zero-order chi connectivity index (χ0) is 23.2. The van der Waals surface area contributed by atoms with E-state index in [4.69, 9.17) is 13.9 Å². The van der Waals surface area contributed by atoms with Crippen molar-refractivity contribution in [1.29, 1.82) is 0 Å². The van der Waals surface area contributed by atoms with Crippen molar-refractivity contribution >= 4 is 11.0 Å². The SMILES string of the molecule is O=c1c(O[C@H]2O[C@@H](CO)[C@H](O)[C@@H](O)[C@@H]2O)c(-c2ccc(O)cc2)oc2cc(O)cc(O)c12. The summed E-state index contributed by atoms with van der Waals surface area (Å²) >= 11 is 0. The third-order valence-corrected chi connectivity index (χ3v) is 5.13. The number of phenols is 3. The summed E-state index contributed by atoms with van der Waals surface area (Å²) in [6, 6.07) is 7.48. The number of aromatic hydroxyl groups is 3. The fourth-order valence-electron chi connectivity index (χ4n) is 3.46. The normalized spacial score (nSPS) is 25.7. The molecule has 0 spiro atoms. The lowest BCUT2D eigenvalue weighted by atomic mass is 9.99. The van der Waals surface area contributed by atoms with Crippen molar-refractivity contribution in [3.05, 3.63) is 46.6 Å². The van der Waals surface area contributed by atoms with Crippen LogP contribution in [0.1, 0.15) is 0 Å². The molecule has 0 saturated carbocycles. The number of phenolic OH excluding ortho intramolecular Hbond substituents is 3. The Balaban J connectivity index is 1.89. The molecule has 1 saturated heterocycles. The molecule has 3 aromatic rings. The van der Waals surface area contributed by atoms with Crippen LogP contribution < -0.4 is 10.2 Å². The summed E-state index contributed by atoms with van der Waals surface area (Å²) in [5, 5.41) is 68.8. The van der Waals surface area contributed by atoms with Gasteiger partial charge in [-0.2, -0.15) is 0 Å². The third-order valence-electron chi connectivity index (χ3n) is 5.13. The number of ether oxygens (including phenoxy) is 2. The number of benzene rings is 2.